The summed E-state index contributed by atoms with van der Waals surface area (Å²) >= 11 is 0. The Morgan fingerprint density at radius 3 is 2.61 bits per heavy atom. The maximum Gasteiger partial charge on any atom is 0.237 e. The van der Waals surface area contributed by atoms with Gasteiger partial charge in [0.2, 0.25) is 5.91 Å². The number of hydrogen-bond acceptors (Lipinski definition) is 2. The lowest BCUT2D eigenvalue weighted by Crippen LogP contribution is -2.45. The predicted molar refractivity (Wildman–Crippen MR) is 75.6 cm³/mol. The Morgan fingerprint density at radius 2 is 2.00 bits per heavy atom. The van der Waals surface area contributed by atoms with Crippen molar-refractivity contribution in [3.05, 3.63) is 35.4 Å². The second kappa shape index (κ2) is 7.17. The zero-order chi connectivity index (χ0) is 13.5. The van der Waals surface area contributed by atoms with Crippen LogP contribution in [0.4, 0.5) is 0 Å². The molecule has 18 heavy (non-hydrogen) atoms. The molecule has 100 valence electrons. The monoisotopic (exact) mass is 248 g/mol. The number of carbonyl (C=O) groups excluding carboxylic acids is 1. The van der Waals surface area contributed by atoms with E-state index in [-0.39, 0.29) is 18.0 Å². The Balaban J connectivity index is 2.31. The van der Waals surface area contributed by atoms with Crippen molar-refractivity contribution in [3.8, 4) is 0 Å². The van der Waals surface area contributed by atoms with Gasteiger partial charge in [-0.15, -0.1) is 0 Å². The second-order valence-electron chi connectivity index (χ2n) is 5.08. The second-order valence-corrected chi connectivity index (χ2v) is 5.08. The third kappa shape index (κ3) is 5.32. The number of amides is 1. The molecule has 1 atom stereocenters. The molecule has 0 aliphatic heterocycles. The van der Waals surface area contributed by atoms with Crippen LogP contribution in [-0.4, -0.2) is 24.5 Å². The summed E-state index contributed by atoms with van der Waals surface area (Å²) in [6.07, 6.45) is 0.945. The van der Waals surface area contributed by atoms with Crippen LogP contribution in [0.5, 0.6) is 0 Å². The highest BCUT2D eigenvalue weighted by Crippen LogP contribution is 2.04. The first-order valence-corrected chi connectivity index (χ1v) is 6.58. The van der Waals surface area contributed by atoms with Crippen molar-refractivity contribution in [3.63, 3.8) is 0 Å². The van der Waals surface area contributed by atoms with Crippen LogP contribution < -0.4 is 10.6 Å². The highest BCUT2D eigenvalue weighted by molar-refractivity contribution is 5.81. The van der Waals surface area contributed by atoms with E-state index in [4.69, 9.17) is 0 Å². The SMILES string of the molecule is Cc1cccc(CCNC(C)C(=O)NC(C)C)c1. The fourth-order valence-electron chi connectivity index (χ4n) is 1.80. The minimum absolute atomic E-state index is 0.0641. The van der Waals surface area contributed by atoms with E-state index in [2.05, 4.69) is 41.8 Å². The Hall–Kier alpha value is -1.35. The molecule has 2 N–H and O–H groups in total. The van der Waals surface area contributed by atoms with Gasteiger partial charge >= 0.3 is 0 Å². The highest BCUT2D eigenvalue weighted by Gasteiger charge is 2.12. The molecule has 0 aliphatic rings. The fourth-order valence-corrected chi connectivity index (χ4v) is 1.80. The first-order chi connectivity index (χ1) is 8.49. The molecule has 0 spiro atoms. The van der Waals surface area contributed by atoms with Gasteiger partial charge in [-0.25, -0.2) is 0 Å². The van der Waals surface area contributed by atoms with E-state index in [0.717, 1.165) is 13.0 Å². The average Bonchev–Trinajstić information content (AvgIpc) is 2.28. The van der Waals surface area contributed by atoms with E-state index in [1.165, 1.54) is 11.1 Å². The van der Waals surface area contributed by atoms with E-state index >= 15 is 0 Å². The van der Waals surface area contributed by atoms with Crippen LogP contribution in [0.3, 0.4) is 0 Å². The summed E-state index contributed by atoms with van der Waals surface area (Å²) in [5.41, 5.74) is 2.58. The largest absolute Gasteiger partial charge is 0.353 e. The van der Waals surface area contributed by atoms with Gasteiger partial charge < -0.3 is 10.6 Å². The molecule has 0 heterocycles. The van der Waals surface area contributed by atoms with Gasteiger partial charge in [0.05, 0.1) is 6.04 Å². The average molecular weight is 248 g/mol. The zero-order valence-corrected chi connectivity index (χ0v) is 11.8. The summed E-state index contributed by atoms with van der Waals surface area (Å²) in [5, 5.41) is 6.14. The van der Waals surface area contributed by atoms with Crippen molar-refractivity contribution in [2.75, 3.05) is 6.54 Å². The standard InChI is InChI=1S/C15H24N2O/c1-11(2)17-15(18)13(4)16-9-8-14-7-5-6-12(3)10-14/h5-7,10-11,13,16H,8-9H2,1-4H3,(H,17,18). The molecule has 1 aromatic rings. The molecule has 0 bridgehead atoms. The van der Waals surface area contributed by atoms with Crippen molar-refractivity contribution in [2.45, 2.75) is 46.2 Å². The Labute approximate surface area is 110 Å². The van der Waals surface area contributed by atoms with E-state index in [1.807, 2.05) is 20.8 Å². The van der Waals surface area contributed by atoms with Gasteiger partial charge in [0.15, 0.2) is 0 Å². The molecule has 3 heteroatoms. The molecular weight excluding hydrogens is 224 g/mol. The van der Waals surface area contributed by atoms with E-state index in [1.54, 1.807) is 0 Å². The number of hydrogen-bond donors (Lipinski definition) is 2. The number of nitrogens with one attached hydrogen (secondary N) is 2. The third-order valence-electron chi connectivity index (χ3n) is 2.77. The lowest BCUT2D eigenvalue weighted by molar-refractivity contribution is -0.123. The molecule has 0 aromatic heterocycles. The van der Waals surface area contributed by atoms with Gasteiger partial charge in [-0.1, -0.05) is 29.8 Å². The minimum atomic E-state index is -0.141. The first-order valence-electron chi connectivity index (χ1n) is 6.58. The Morgan fingerprint density at radius 1 is 1.28 bits per heavy atom. The van der Waals surface area contributed by atoms with Crippen LogP contribution in [-0.2, 0) is 11.2 Å². The lowest BCUT2D eigenvalue weighted by Gasteiger charge is -2.16. The summed E-state index contributed by atoms with van der Waals surface area (Å²) in [4.78, 5) is 11.7. The Kier molecular flexibility index (Phi) is 5.86. The molecule has 1 rings (SSSR count). The van der Waals surface area contributed by atoms with Crippen LogP contribution in [0, 0.1) is 6.92 Å². The summed E-state index contributed by atoms with van der Waals surface area (Å²) < 4.78 is 0. The number of rotatable bonds is 6. The van der Waals surface area contributed by atoms with Crippen molar-refractivity contribution in [2.24, 2.45) is 0 Å². The molecule has 1 unspecified atom stereocenters. The number of carbonyl (C=O) groups is 1. The van der Waals surface area contributed by atoms with Crippen LogP contribution in [0.1, 0.15) is 31.9 Å². The van der Waals surface area contributed by atoms with Crippen molar-refractivity contribution < 1.29 is 4.79 Å². The van der Waals surface area contributed by atoms with Crippen molar-refractivity contribution in [1.82, 2.24) is 10.6 Å². The molecule has 0 radical (unpaired) electrons. The van der Waals surface area contributed by atoms with Crippen LogP contribution in [0.2, 0.25) is 0 Å². The van der Waals surface area contributed by atoms with Crippen molar-refractivity contribution in [1.29, 1.82) is 0 Å². The van der Waals surface area contributed by atoms with E-state index in [9.17, 15) is 4.79 Å². The summed E-state index contributed by atoms with van der Waals surface area (Å²) in [5.74, 6) is 0.0641. The van der Waals surface area contributed by atoms with Gasteiger partial charge in [-0.2, -0.15) is 0 Å². The minimum Gasteiger partial charge on any atom is -0.353 e. The number of aryl methyl sites for hydroxylation is 1. The molecule has 0 fully saturated rings. The van der Waals surface area contributed by atoms with Gasteiger partial charge in [0.1, 0.15) is 0 Å². The highest BCUT2D eigenvalue weighted by atomic mass is 16.2. The molecule has 1 amide bonds. The van der Waals surface area contributed by atoms with E-state index in [0.29, 0.717) is 0 Å². The van der Waals surface area contributed by atoms with E-state index < -0.39 is 0 Å². The molecular formula is C15H24N2O. The molecule has 0 saturated carbocycles. The third-order valence-corrected chi connectivity index (χ3v) is 2.77. The number of benzene rings is 1. The van der Waals surface area contributed by atoms with Gasteiger partial charge in [-0.3, -0.25) is 4.79 Å². The van der Waals surface area contributed by atoms with Crippen LogP contribution in [0.25, 0.3) is 0 Å². The normalized spacial score (nSPS) is 12.5. The molecule has 0 aliphatic carbocycles. The van der Waals surface area contributed by atoms with Crippen LogP contribution >= 0.6 is 0 Å². The van der Waals surface area contributed by atoms with Gasteiger partial charge in [0, 0.05) is 6.04 Å². The maximum absolute atomic E-state index is 11.7. The lowest BCUT2D eigenvalue weighted by atomic mass is 10.1. The van der Waals surface area contributed by atoms with Gasteiger partial charge in [-0.05, 0) is 46.2 Å². The summed E-state index contributed by atoms with van der Waals surface area (Å²) in [7, 11) is 0. The predicted octanol–water partition coefficient (Wildman–Crippen LogP) is 2.04. The molecule has 3 nitrogen and oxygen atoms in total. The quantitative estimate of drug-likeness (QED) is 0.809. The fraction of sp³-hybridized carbons (Fsp3) is 0.533. The summed E-state index contributed by atoms with van der Waals surface area (Å²) in [6, 6.07) is 8.51. The van der Waals surface area contributed by atoms with Crippen molar-refractivity contribution >= 4 is 5.91 Å². The molecule has 1 aromatic carbocycles. The maximum atomic E-state index is 11.7. The van der Waals surface area contributed by atoms with Gasteiger partial charge in [0.25, 0.3) is 0 Å². The topological polar surface area (TPSA) is 41.1 Å². The van der Waals surface area contributed by atoms with Crippen LogP contribution in [0.15, 0.2) is 24.3 Å². The summed E-state index contributed by atoms with van der Waals surface area (Å²) in [6.45, 7) is 8.74. The molecule has 0 saturated heterocycles. The smallest absolute Gasteiger partial charge is 0.237 e. The first kappa shape index (κ1) is 14.7. The zero-order valence-electron chi connectivity index (χ0n) is 11.8. The Bertz CT molecular complexity index is 388.